The molecule has 1 aliphatic rings. The number of cyclic esters (lactones) is 2. The fourth-order valence-electron chi connectivity index (χ4n) is 1.05. The molecule has 0 aliphatic carbocycles. The Morgan fingerprint density at radius 2 is 1.35 bits per heavy atom. The predicted octanol–water partition coefficient (Wildman–Crippen LogP) is 0.837. The third-order valence-electron chi connectivity index (χ3n) is 2.28. The smallest absolute Gasteiger partial charge is 0.478 e. The van der Waals surface area contributed by atoms with Crippen LogP contribution >= 0.6 is 0 Å². The molecular weight excluding hydrogens is 352 g/mol. The van der Waals surface area contributed by atoms with Crippen LogP contribution in [0.1, 0.15) is 29.1 Å². The SMILES string of the molecule is C/C(=C/C(=O)O)C(=O)O.CC(=O)/C=C(/C)C(=O)O.CC1=CC(=O)OC1=O.[H+]. The largest absolute Gasteiger partial charge is 1.00 e. The Kier molecular flexibility index (Phi) is 11.3. The van der Waals surface area contributed by atoms with Crippen molar-refractivity contribution in [3.8, 4) is 0 Å². The van der Waals surface area contributed by atoms with Gasteiger partial charge in [0.2, 0.25) is 0 Å². The molecule has 0 aromatic carbocycles. The molecule has 1 rings (SSSR count). The van der Waals surface area contributed by atoms with Gasteiger partial charge in [0, 0.05) is 28.9 Å². The normalized spacial score (nSPS) is 13.3. The quantitative estimate of drug-likeness (QED) is 0.365. The summed E-state index contributed by atoms with van der Waals surface area (Å²) in [6, 6.07) is 0. The highest BCUT2D eigenvalue weighted by Crippen LogP contribution is 2.04. The molecule has 0 spiro atoms. The molecule has 0 bridgehead atoms. The number of carbonyl (C=O) groups is 6. The highest BCUT2D eigenvalue weighted by molar-refractivity contribution is 6.08. The van der Waals surface area contributed by atoms with Crippen molar-refractivity contribution in [2.75, 3.05) is 0 Å². The van der Waals surface area contributed by atoms with Crippen LogP contribution in [0.25, 0.3) is 0 Å². The predicted molar refractivity (Wildman–Crippen MR) is 87.1 cm³/mol. The Morgan fingerprint density at radius 3 is 1.46 bits per heavy atom. The minimum atomic E-state index is -1.24. The first-order valence-electron chi connectivity index (χ1n) is 6.79. The van der Waals surface area contributed by atoms with E-state index < -0.39 is 29.8 Å². The summed E-state index contributed by atoms with van der Waals surface area (Å²) in [7, 11) is 0. The van der Waals surface area contributed by atoms with Crippen molar-refractivity contribution < 1.29 is 50.3 Å². The molecule has 0 saturated heterocycles. The molecule has 26 heavy (non-hydrogen) atoms. The van der Waals surface area contributed by atoms with E-state index in [1.165, 1.54) is 33.8 Å². The summed E-state index contributed by atoms with van der Waals surface area (Å²) in [6.07, 6.45) is 2.90. The number of carboxylic acid groups (broad SMARTS) is 3. The second kappa shape index (κ2) is 11.9. The number of hydrogen-bond acceptors (Lipinski definition) is 7. The van der Waals surface area contributed by atoms with Crippen molar-refractivity contribution >= 4 is 35.6 Å². The van der Waals surface area contributed by atoms with Crippen molar-refractivity contribution in [3.63, 3.8) is 0 Å². The second-order valence-electron chi connectivity index (χ2n) is 4.75. The Hall–Kier alpha value is -3.56. The van der Waals surface area contributed by atoms with Crippen LogP contribution < -0.4 is 0 Å². The molecule has 0 aromatic rings. The first-order valence-corrected chi connectivity index (χ1v) is 6.79. The van der Waals surface area contributed by atoms with E-state index in [2.05, 4.69) is 4.74 Å². The molecule has 0 radical (unpaired) electrons. The van der Waals surface area contributed by atoms with Gasteiger partial charge in [0.25, 0.3) is 0 Å². The molecular formula is C16H19O10+. The highest BCUT2D eigenvalue weighted by atomic mass is 16.6. The van der Waals surface area contributed by atoms with Crippen LogP contribution in [0.2, 0.25) is 0 Å². The van der Waals surface area contributed by atoms with Crippen LogP contribution in [-0.4, -0.2) is 50.9 Å². The van der Waals surface area contributed by atoms with Gasteiger partial charge in [0.1, 0.15) is 0 Å². The highest BCUT2D eigenvalue weighted by Gasteiger charge is 2.18. The zero-order chi connectivity index (χ0) is 21.0. The third-order valence-corrected chi connectivity index (χ3v) is 2.28. The van der Waals surface area contributed by atoms with E-state index in [1.54, 1.807) is 0 Å². The summed E-state index contributed by atoms with van der Waals surface area (Å²) in [4.78, 5) is 60.3. The number of rotatable bonds is 4. The first-order chi connectivity index (χ1) is 11.8. The zero-order valence-corrected chi connectivity index (χ0v) is 14.4. The molecule has 0 unspecified atom stereocenters. The third kappa shape index (κ3) is 12.9. The molecule has 0 saturated carbocycles. The lowest BCUT2D eigenvalue weighted by molar-refractivity contribution is -0.150. The van der Waals surface area contributed by atoms with E-state index in [0.29, 0.717) is 11.6 Å². The van der Waals surface area contributed by atoms with Gasteiger partial charge in [0.15, 0.2) is 5.78 Å². The van der Waals surface area contributed by atoms with Crippen LogP contribution in [-0.2, 0) is 33.5 Å². The summed E-state index contributed by atoms with van der Waals surface area (Å²) < 4.78 is 4.10. The zero-order valence-electron chi connectivity index (χ0n) is 15.4. The number of carbonyl (C=O) groups excluding carboxylic acids is 3. The Bertz CT molecular complexity index is 673. The average molecular weight is 371 g/mol. The Balaban J connectivity index is -0.000000314. The molecule has 10 heteroatoms. The number of ether oxygens (including phenoxy) is 1. The minimum Gasteiger partial charge on any atom is -0.478 e. The topological polar surface area (TPSA) is 172 Å². The summed E-state index contributed by atoms with van der Waals surface area (Å²) in [5.74, 6) is -4.84. The van der Waals surface area contributed by atoms with E-state index in [1.807, 2.05) is 0 Å². The van der Waals surface area contributed by atoms with Crippen LogP contribution in [0.3, 0.4) is 0 Å². The molecule has 0 atom stereocenters. The number of hydrogen-bond donors (Lipinski definition) is 3. The standard InChI is InChI=1S/C6H8O3.C5H6O4.C5H4O3/c1-4(6(8)9)3-5(2)7;1-3(5(8)9)2-4(6)7;1-3-2-4(6)8-5(3)7/h3H,1-2H3,(H,8,9);2H,1H3,(H,6,7)(H,8,9);2H,1H3/p+1/b4-3-;3-2-;. The average Bonchev–Trinajstić information content (AvgIpc) is 2.75. The molecule has 0 aromatic heterocycles. The van der Waals surface area contributed by atoms with E-state index in [0.717, 1.165) is 6.08 Å². The van der Waals surface area contributed by atoms with Crippen LogP contribution in [0, 0.1) is 0 Å². The lowest BCUT2D eigenvalue weighted by Gasteiger charge is -1.86. The van der Waals surface area contributed by atoms with Gasteiger partial charge in [-0.15, -0.1) is 0 Å². The fourth-order valence-corrected chi connectivity index (χ4v) is 1.05. The Labute approximate surface area is 149 Å². The minimum absolute atomic E-state index is 0. The lowest BCUT2D eigenvalue weighted by Crippen LogP contribution is -1.99. The Morgan fingerprint density at radius 1 is 0.923 bits per heavy atom. The summed E-state index contributed by atoms with van der Waals surface area (Å²) in [6.45, 7) is 5.44. The number of carboxylic acids is 3. The maximum Gasteiger partial charge on any atom is 1.00 e. The number of esters is 2. The summed E-state index contributed by atoms with van der Waals surface area (Å²) >= 11 is 0. The van der Waals surface area contributed by atoms with Crippen molar-refractivity contribution in [2.45, 2.75) is 27.7 Å². The van der Waals surface area contributed by atoms with E-state index in [9.17, 15) is 28.8 Å². The van der Waals surface area contributed by atoms with Crippen molar-refractivity contribution in [2.24, 2.45) is 0 Å². The van der Waals surface area contributed by atoms with E-state index >= 15 is 0 Å². The fraction of sp³-hybridized carbons (Fsp3) is 0.250. The van der Waals surface area contributed by atoms with E-state index in [-0.39, 0.29) is 18.4 Å². The van der Waals surface area contributed by atoms with Gasteiger partial charge < -0.3 is 20.1 Å². The van der Waals surface area contributed by atoms with Gasteiger partial charge in [-0.2, -0.15) is 0 Å². The number of ketones is 1. The van der Waals surface area contributed by atoms with Gasteiger partial charge in [0.05, 0.1) is 0 Å². The lowest BCUT2D eigenvalue weighted by atomic mass is 10.2. The number of aliphatic carboxylic acids is 3. The maximum absolute atomic E-state index is 10.3. The van der Waals surface area contributed by atoms with Crippen molar-refractivity contribution in [3.05, 3.63) is 34.9 Å². The molecule has 1 heterocycles. The summed E-state index contributed by atoms with van der Waals surface area (Å²) in [5.41, 5.74) is 0.264. The van der Waals surface area contributed by atoms with Crippen molar-refractivity contribution in [1.29, 1.82) is 0 Å². The molecule has 0 fully saturated rings. The monoisotopic (exact) mass is 371 g/mol. The van der Waals surface area contributed by atoms with Crippen LogP contribution in [0.15, 0.2) is 34.9 Å². The molecule has 10 nitrogen and oxygen atoms in total. The maximum atomic E-state index is 10.3. The van der Waals surface area contributed by atoms with Gasteiger partial charge in [-0.25, -0.2) is 24.0 Å². The van der Waals surface area contributed by atoms with Gasteiger partial charge in [-0.05, 0) is 33.8 Å². The first kappa shape index (κ1) is 24.7. The van der Waals surface area contributed by atoms with Gasteiger partial charge >= 0.3 is 31.3 Å². The van der Waals surface area contributed by atoms with Crippen LogP contribution in [0.5, 0.6) is 0 Å². The molecule has 3 N–H and O–H groups in total. The second-order valence-corrected chi connectivity index (χ2v) is 4.75. The van der Waals surface area contributed by atoms with Gasteiger partial charge in [-0.1, -0.05) is 0 Å². The van der Waals surface area contributed by atoms with Gasteiger partial charge in [-0.3, -0.25) is 4.79 Å². The molecule has 1 aliphatic heterocycles. The molecule has 0 amide bonds. The van der Waals surface area contributed by atoms with Crippen molar-refractivity contribution in [1.82, 2.24) is 0 Å². The number of allylic oxidation sites excluding steroid dienone is 1. The van der Waals surface area contributed by atoms with E-state index in [4.69, 9.17) is 15.3 Å². The van der Waals surface area contributed by atoms with Crippen LogP contribution in [0.4, 0.5) is 0 Å². The molecule has 142 valence electrons. The summed E-state index contributed by atoms with van der Waals surface area (Å²) in [5, 5.41) is 24.3.